The topological polar surface area (TPSA) is 109 Å². The summed E-state index contributed by atoms with van der Waals surface area (Å²) in [6.45, 7) is 6.72. The van der Waals surface area contributed by atoms with E-state index in [4.69, 9.17) is 9.47 Å². The molecular weight excluding hydrogens is 537 g/mol. The fourth-order valence-electron chi connectivity index (χ4n) is 5.77. The molecule has 0 bridgehead atoms. The largest absolute Gasteiger partial charge is 0.492 e. The number of para-hydroxylation sites is 1. The van der Waals surface area contributed by atoms with Crippen LogP contribution in [0.15, 0.2) is 36.7 Å². The number of hydrogen-bond donors (Lipinski definition) is 3. The highest BCUT2D eigenvalue weighted by Gasteiger charge is 2.53. The molecule has 4 heterocycles. The molecular formula is C32H34FN5O4. The first kappa shape index (κ1) is 27.6. The Kier molecular flexibility index (Phi) is 6.84. The van der Waals surface area contributed by atoms with Gasteiger partial charge in [0, 0.05) is 43.2 Å². The zero-order chi connectivity index (χ0) is 29.6. The maximum Gasteiger partial charge on any atom is 0.411 e. The van der Waals surface area contributed by atoms with Crippen LogP contribution in [0, 0.1) is 23.1 Å². The molecule has 1 saturated heterocycles. The van der Waals surface area contributed by atoms with E-state index in [0.717, 1.165) is 30.5 Å². The first-order chi connectivity index (χ1) is 20.1. The molecule has 3 N–H and O–H groups in total. The molecule has 0 radical (unpaired) electrons. The molecule has 1 saturated carbocycles. The van der Waals surface area contributed by atoms with Crippen LogP contribution < -0.4 is 15.4 Å². The molecule has 3 aliphatic rings. The summed E-state index contributed by atoms with van der Waals surface area (Å²) in [4.78, 5) is 35.6. The number of amides is 2. The van der Waals surface area contributed by atoms with Crippen LogP contribution in [0.2, 0.25) is 0 Å². The molecule has 42 heavy (non-hydrogen) atoms. The van der Waals surface area contributed by atoms with Crippen molar-refractivity contribution in [1.82, 2.24) is 20.2 Å². The number of likely N-dealkylation sites (tertiary alicyclic amines) is 1. The summed E-state index contributed by atoms with van der Waals surface area (Å²) >= 11 is 0. The van der Waals surface area contributed by atoms with Gasteiger partial charge in [-0.05, 0) is 63.6 Å². The highest BCUT2D eigenvalue weighted by atomic mass is 19.1. The van der Waals surface area contributed by atoms with Gasteiger partial charge in [0.15, 0.2) is 11.6 Å². The zero-order valence-corrected chi connectivity index (χ0v) is 24.2. The number of aromatic amines is 1. The predicted octanol–water partition coefficient (Wildman–Crippen LogP) is 5.40. The second-order valence-electron chi connectivity index (χ2n) is 12.2. The summed E-state index contributed by atoms with van der Waals surface area (Å²) in [7, 11) is 1.40. The number of benzene rings is 1. The van der Waals surface area contributed by atoms with Crippen LogP contribution in [0.25, 0.3) is 11.3 Å². The first-order valence-electron chi connectivity index (χ1n) is 14.2. The molecule has 0 unspecified atom stereocenters. The number of H-pyrrole nitrogens is 1. The minimum Gasteiger partial charge on any atom is -0.492 e. The van der Waals surface area contributed by atoms with Crippen LogP contribution in [0.3, 0.4) is 0 Å². The highest BCUT2D eigenvalue weighted by Crippen LogP contribution is 2.55. The van der Waals surface area contributed by atoms with E-state index < -0.39 is 11.4 Å². The summed E-state index contributed by atoms with van der Waals surface area (Å²) in [5.41, 5.74) is 3.61. The van der Waals surface area contributed by atoms with Crippen molar-refractivity contribution in [3.8, 4) is 28.8 Å². The van der Waals surface area contributed by atoms with Gasteiger partial charge in [-0.1, -0.05) is 17.9 Å². The van der Waals surface area contributed by atoms with Crippen molar-refractivity contribution >= 4 is 23.4 Å². The van der Waals surface area contributed by atoms with Crippen molar-refractivity contribution in [2.75, 3.05) is 25.5 Å². The molecule has 10 heteroatoms. The van der Waals surface area contributed by atoms with Crippen LogP contribution >= 0.6 is 0 Å². The molecule has 2 aromatic heterocycles. The monoisotopic (exact) mass is 571 g/mol. The molecule has 6 rings (SSSR count). The second kappa shape index (κ2) is 10.4. The normalized spacial score (nSPS) is 18.5. The minimum absolute atomic E-state index is 0.0434. The van der Waals surface area contributed by atoms with Gasteiger partial charge in [-0.15, -0.1) is 0 Å². The van der Waals surface area contributed by atoms with E-state index in [1.54, 1.807) is 29.4 Å². The van der Waals surface area contributed by atoms with Crippen molar-refractivity contribution in [2.45, 2.75) is 58.1 Å². The van der Waals surface area contributed by atoms with E-state index >= 15 is 0 Å². The van der Waals surface area contributed by atoms with Gasteiger partial charge in [-0.25, -0.2) is 9.18 Å². The third kappa shape index (κ3) is 5.27. The molecule has 2 fully saturated rings. The summed E-state index contributed by atoms with van der Waals surface area (Å²) in [6.07, 6.45) is 6.56. The fourth-order valence-corrected chi connectivity index (χ4v) is 5.77. The molecule has 1 spiro atoms. The van der Waals surface area contributed by atoms with Crippen molar-refractivity contribution in [3.63, 3.8) is 0 Å². The number of carbonyl (C=O) groups is 2. The third-order valence-electron chi connectivity index (χ3n) is 7.95. The molecule has 2 amide bonds. The van der Waals surface area contributed by atoms with Crippen LogP contribution in [-0.4, -0.2) is 58.7 Å². The smallest absolute Gasteiger partial charge is 0.411 e. The molecule has 1 atom stereocenters. The number of aromatic nitrogens is 2. The Morgan fingerprint density at radius 1 is 1.26 bits per heavy atom. The van der Waals surface area contributed by atoms with Crippen LogP contribution in [0.1, 0.15) is 61.6 Å². The van der Waals surface area contributed by atoms with Crippen LogP contribution in [0.5, 0.6) is 5.75 Å². The highest BCUT2D eigenvalue weighted by molar-refractivity contribution is 6.06. The van der Waals surface area contributed by atoms with Crippen LogP contribution in [0.4, 0.5) is 20.6 Å². The zero-order valence-electron chi connectivity index (χ0n) is 24.2. The van der Waals surface area contributed by atoms with Gasteiger partial charge in [-0.3, -0.25) is 14.7 Å². The molecule has 218 valence electrons. The number of hydrogen-bond acceptors (Lipinski definition) is 6. The van der Waals surface area contributed by atoms with Crippen molar-refractivity contribution in [2.24, 2.45) is 5.41 Å². The number of fused-ring (bicyclic) bond motifs is 1. The standard InChI is InChI=1S/C32H34FN5O4/c1-31(2,3)42-30(40)38-18-32(12-13-32)16-20(38)9-8-19-17-34-14-10-21(19)26-27(25-23(36-26)11-15-35-29(25)39)37-24-7-5-6-22(33)28(24)41-4/h5-7,10,14,17,20,36-37H,11-13,15-16,18H2,1-4H3,(H,35,39)/t20-/m0/s1. The lowest BCUT2D eigenvalue weighted by molar-refractivity contribution is 0.0253. The summed E-state index contributed by atoms with van der Waals surface area (Å²) in [5.74, 6) is 5.92. The number of ether oxygens (including phenoxy) is 2. The number of nitrogens with one attached hydrogen (secondary N) is 3. The molecule has 3 aromatic rings. The van der Waals surface area contributed by atoms with Gasteiger partial charge >= 0.3 is 6.09 Å². The predicted molar refractivity (Wildman–Crippen MR) is 156 cm³/mol. The lowest BCUT2D eigenvalue weighted by Crippen LogP contribution is -2.39. The maximum absolute atomic E-state index is 14.6. The number of carbonyl (C=O) groups excluding carboxylic acids is 2. The van der Waals surface area contributed by atoms with E-state index in [1.165, 1.54) is 13.2 Å². The van der Waals surface area contributed by atoms with E-state index in [9.17, 15) is 14.0 Å². The second-order valence-corrected chi connectivity index (χ2v) is 12.2. The number of methoxy groups -OCH3 is 1. The van der Waals surface area contributed by atoms with E-state index in [2.05, 4.69) is 32.4 Å². The Bertz CT molecular complexity index is 1630. The van der Waals surface area contributed by atoms with E-state index in [1.807, 2.05) is 26.8 Å². The minimum atomic E-state index is -0.600. The number of rotatable bonds is 4. The Hall–Kier alpha value is -4.52. The quantitative estimate of drug-likeness (QED) is 0.362. The van der Waals surface area contributed by atoms with E-state index in [-0.39, 0.29) is 29.2 Å². The van der Waals surface area contributed by atoms with Gasteiger partial charge in [0.2, 0.25) is 0 Å². The van der Waals surface area contributed by atoms with E-state index in [0.29, 0.717) is 47.7 Å². The summed E-state index contributed by atoms with van der Waals surface area (Å²) < 4.78 is 25.6. The fraction of sp³-hybridized carbons (Fsp3) is 0.406. The van der Waals surface area contributed by atoms with Gasteiger partial charge in [0.25, 0.3) is 5.91 Å². The van der Waals surface area contributed by atoms with Crippen molar-refractivity contribution in [3.05, 3.63) is 59.3 Å². The number of pyridine rings is 1. The number of anilines is 2. The summed E-state index contributed by atoms with van der Waals surface area (Å²) in [6, 6.07) is 6.13. The van der Waals surface area contributed by atoms with Crippen molar-refractivity contribution in [1.29, 1.82) is 0 Å². The lowest BCUT2D eigenvalue weighted by Gasteiger charge is -2.26. The Morgan fingerprint density at radius 2 is 2.07 bits per heavy atom. The number of halogens is 1. The van der Waals surface area contributed by atoms with Gasteiger partial charge in [-0.2, -0.15) is 0 Å². The van der Waals surface area contributed by atoms with Gasteiger partial charge in [0.1, 0.15) is 5.60 Å². The Morgan fingerprint density at radius 3 is 2.81 bits per heavy atom. The molecule has 1 aromatic carbocycles. The maximum atomic E-state index is 14.6. The summed E-state index contributed by atoms with van der Waals surface area (Å²) in [5, 5.41) is 6.16. The SMILES string of the molecule is COc1c(F)cccc1Nc1c(-c2ccncc2C#C[C@H]2CC3(CC3)CN2C(=O)OC(C)(C)C)[nH]c2c1C(=O)NCC2. The third-order valence-corrected chi connectivity index (χ3v) is 7.95. The lowest BCUT2D eigenvalue weighted by atomic mass is 10.0. The van der Waals surface area contributed by atoms with Crippen molar-refractivity contribution < 1.29 is 23.5 Å². The molecule has 9 nitrogen and oxygen atoms in total. The van der Waals surface area contributed by atoms with Gasteiger partial charge in [0.05, 0.1) is 41.3 Å². The average molecular weight is 572 g/mol. The van der Waals surface area contributed by atoms with Gasteiger partial charge < -0.3 is 25.1 Å². The van der Waals surface area contributed by atoms with Crippen LogP contribution in [-0.2, 0) is 11.2 Å². The first-order valence-corrected chi connectivity index (χ1v) is 14.2. The Labute approximate surface area is 244 Å². The number of nitrogens with zero attached hydrogens (tertiary/aromatic N) is 2. The molecule has 1 aliphatic carbocycles. The average Bonchev–Trinajstić information content (AvgIpc) is 3.44. The Balaban J connectivity index is 1.40. The molecule has 2 aliphatic heterocycles.